The molecular formula is C24H23F4N3O4S. The van der Waals surface area contributed by atoms with Crippen molar-refractivity contribution in [2.75, 3.05) is 19.0 Å². The molecule has 0 atom stereocenters. The largest absolute Gasteiger partial charge is 0.494 e. The second-order valence-corrected chi connectivity index (χ2v) is 9.90. The molecule has 4 rings (SSSR count). The molecule has 192 valence electrons. The summed E-state index contributed by atoms with van der Waals surface area (Å²) in [7, 11) is 1.34. The van der Waals surface area contributed by atoms with Crippen LogP contribution in [0.25, 0.3) is 10.2 Å². The minimum atomic E-state index is -5.14. The van der Waals surface area contributed by atoms with Crippen molar-refractivity contribution in [3.05, 3.63) is 51.8 Å². The molecule has 2 N–H and O–H groups in total. The summed E-state index contributed by atoms with van der Waals surface area (Å²) in [5, 5.41) is 4.70. The number of thiophene rings is 1. The third-order valence-electron chi connectivity index (χ3n) is 5.68. The SMILES string of the molecule is COc1ccc(CCNC(=O)c2sc3nc4c(cc3c2NC(=O)C(F)(F)F)COC(C)(C)C4)cc1F. The molecule has 1 aliphatic rings. The van der Waals surface area contributed by atoms with Crippen molar-refractivity contribution in [2.45, 2.75) is 45.1 Å². The van der Waals surface area contributed by atoms with Crippen molar-refractivity contribution in [2.24, 2.45) is 0 Å². The van der Waals surface area contributed by atoms with Gasteiger partial charge in [-0.1, -0.05) is 6.07 Å². The number of anilines is 1. The van der Waals surface area contributed by atoms with Crippen LogP contribution in [0.2, 0.25) is 0 Å². The molecule has 0 bridgehead atoms. The fraction of sp³-hybridized carbons (Fsp3) is 0.375. The van der Waals surface area contributed by atoms with Crippen LogP contribution in [0.1, 0.15) is 40.3 Å². The van der Waals surface area contributed by atoms with E-state index in [2.05, 4.69) is 10.3 Å². The number of rotatable bonds is 6. The minimum absolute atomic E-state index is 0.0808. The number of fused-ring (bicyclic) bond motifs is 2. The molecule has 2 aromatic heterocycles. The van der Waals surface area contributed by atoms with Crippen molar-refractivity contribution in [3.8, 4) is 5.75 Å². The molecule has 0 saturated carbocycles. The molecule has 2 amide bonds. The van der Waals surface area contributed by atoms with E-state index in [-0.39, 0.29) is 41.3 Å². The van der Waals surface area contributed by atoms with Crippen molar-refractivity contribution < 1.29 is 36.6 Å². The van der Waals surface area contributed by atoms with Gasteiger partial charge in [-0.25, -0.2) is 9.37 Å². The summed E-state index contributed by atoms with van der Waals surface area (Å²) in [5.74, 6) is -3.34. The Balaban J connectivity index is 1.62. The zero-order valence-electron chi connectivity index (χ0n) is 19.6. The first-order chi connectivity index (χ1) is 16.9. The Hall–Kier alpha value is -3.25. The van der Waals surface area contributed by atoms with Crippen molar-refractivity contribution in [3.63, 3.8) is 0 Å². The maximum Gasteiger partial charge on any atom is 0.471 e. The first-order valence-electron chi connectivity index (χ1n) is 11.0. The molecule has 36 heavy (non-hydrogen) atoms. The molecule has 1 aliphatic heterocycles. The Morgan fingerprint density at radius 2 is 2.00 bits per heavy atom. The summed E-state index contributed by atoms with van der Waals surface area (Å²) in [5.41, 5.74) is 1.27. The highest BCUT2D eigenvalue weighted by atomic mass is 32.1. The van der Waals surface area contributed by atoms with Crippen LogP contribution in [0.5, 0.6) is 5.75 Å². The number of methoxy groups -OCH3 is 1. The Morgan fingerprint density at radius 3 is 2.67 bits per heavy atom. The topological polar surface area (TPSA) is 89.5 Å². The van der Waals surface area contributed by atoms with E-state index in [4.69, 9.17) is 9.47 Å². The third-order valence-corrected chi connectivity index (χ3v) is 6.78. The molecule has 3 heterocycles. The number of ether oxygens (including phenoxy) is 2. The maximum atomic E-state index is 13.9. The third kappa shape index (κ3) is 5.44. The lowest BCUT2D eigenvalue weighted by molar-refractivity contribution is -0.167. The van der Waals surface area contributed by atoms with Crippen LogP contribution in [0, 0.1) is 5.82 Å². The molecule has 0 spiro atoms. The van der Waals surface area contributed by atoms with Crippen LogP contribution in [0.4, 0.5) is 23.2 Å². The molecule has 7 nitrogen and oxygen atoms in total. The van der Waals surface area contributed by atoms with E-state index in [0.717, 1.165) is 17.0 Å². The zero-order valence-corrected chi connectivity index (χ0v) is 20.5. The van der Waals surface area contributed by atoms with Gasteiger partial charge in [0, 0.05) is 23.9 Å². The number of nitrogens with zero attached hydrogens (tertiary/aromatic N) is 1. The smallest absolute Gasteiger partial charge is 0.471 e. The van der Waals surface area contributed by atoms with Gasteiger partial charge in [-0.05, 0) is 44.0 Å². The van der Waals surface area contributed by atoms with Gasteiger partial charge >= 0.3 is 12.1 Å². The van der Waals surface area contributed by atoms with Crippen LogP contribution in [0.3, 0.4) is 0 Å². The van der Waals surface area contributed by atoms with E-state index >= 15 is 0 Å². The van der Waals surface area contributed by atoms with E-state index in [1.54, 1.807) is 12.1 Å². The number of carbonyl (C=O) groups is 2. The second-order valence-electron chi connectivity index (χ2n) is 8.90. The van der Waals surface area contributed by atoms with Crippen molar-refractivity contribution in [1.82, 2.24) is 10.3 Å². The fourth-order valence-electron chi connectivity index (χ4n) is 3.84. The number of alkyl halides is 3. The van der Waals surface area contributed by atoms with Crippen LogP contribution in [0.15, 0.2) is 24.3 Å². The predicted octanol–water partition coefficient (Wildman–Crippen LogP) is 4.77. The van der Waals surface area contributed by atoms with Gasteiger partial charge in [-0.15, -0.1) is 11.3 Å². The summed E-state index contributed by atoms with van der Waals surface area (Å²) in [4.78, 5) is 29.5. The average molecular weight is 526 g/mol. The van der Waals surface area contributed by atoms with Gasteiger partial charge in [0.05, 0.1) is 30.7 Å². The lowest BCUT2D eigenvalue weighted by atomic mass is 9.95. The highest BCUT2D eigenvalue weighted by molar-refractivity contribution is 7.21. The number of hydrogen-bond donors (Lipinski definition) is 2. The first kappa shape index (κ1) is 25.8. The summed E-state index contributed by atoms with van der Waals surface area (Å²) < 4.78 is 63.6. The summed E-state index contributed by atoms with van der Waals surface area (Å²) >= 11 is 0.889. The fourth-order valence-corrected chi connectivity index (χ4v) is 4.89. The standard InChI is InChI=1S/C24H23F4N3O4S/c1-23(2)10-16-13(11-35-23)9-14-18(31-22(33)24(26,27)28)19(36-21(14)30-16)20(32)29-7-6-12-4-5-17(34-3)15(25)8-12/h4-5,8-9H,6-7,10-11H2,1-3H3,(H,29,32)(H,31,33). The molecular weight excluding hydrogens is 502 g/mol. The number of aromatic nitrogens is 1. The monoisotopic (exact) mass is 525 g/mol. The molecule has 1 aromatic carbocycles. The quantitative estimate of drug-likeness (QED) is 0.453. The molecule has 0 radical (unpaired) electrons. The zero-order chi connectivity index (χ0) is 26.3. The Labute approximate surface area is 207 Å². The van der Waals surface area contributed by atoms with Gasteiger partial charge in [0.2, 0.25) is 0 Å². The summed E-state index contributed by atoms with van der Waals surface area (Å²) in [6.45, 7) is 4.09. The maximum absolute atomic E-state index is 13.9. The second kappa shape index (κ2) is 9.66. The first-order valence-corrected chi connectivity index (χ1v) is 11.8. The van der Waals surface area contributed by atoms with Gasteiger partial charge in [0.1, 0.15) is 9.71 Å². The van der Waals surface area contributed by atoms with Crippen LogP contribution in [-0.4, -0.2) is 42.2 Å². The number of benzene rings is 1. The van der Waals surface area contributed by atoms with Crippen LogP contribution in [-0.2, 0) is 29.0 Å². The summed E-state index contributed by atoms with van der Waals surface area (Å²) in [6, 6.07) is 5.98. The number of hydrogen-bond acceptors (Lipinski definition) is 6. The summed E-state index contributed by atoms with van der Waals surface area (Å²) in [6.07, 6.45) is -4.39. The Morgan fingerprint density at radius 1 is 1.25 bits per heavy atom. The molecule has 12 heteroatoms. The Kier molecular flexibility index (Phi) is 6.93. The highest BCUT2D eigenvalue weighted by Gasteiger charge is 2.40. The molecule has 0 saturated heterocycles. The lowest BCUT2D eigenvalue weighted by Crippen LogP contribution is -2.32. The average Bonchev–Trinajstić information content (AvgIpc) is 3.13. The molecule has 0 fully saturated rings. The van der Waals surface area contributed by atoms with E-state index in [9.17, 15) is 27.2 Å². The van der Waals surface area contributed by atoms with Crippen molar-refractivity contribution >= 4 is 39.1 Å². The lowest BCUT2D eigenvalue weighted by Gasteiger charge is -2.31. The molecule has 0 aliphatic carbocycles. The number of pyridine rings is 1. The van der Waals surface area contributed by atoms with Gasteiger partial charge in [-0.3, -0.25) is 9.59 Å². The molecule has 3 aromatic rings. The highest BCUT2D eigenvalue weighted by Crippen LogP contribution is 2.39. The number of halogens is 4. The van der Waals surface area contributed by atoms with Gasteiger partial charge in [-0.2, -0.15) is 13.2 Å². The normalized spacial score (nSPS) is 14.9. The number of nitrogens with one attached hydrogen (secondary N) is 2. The van der Waals surface area contributed by atoms with Gasteiger partial charge in [0.15, 0.2) is 11.6 Å². The van der Waals surface area contributed by atoms with E-state index in [1.165, 1.54) is 19.2 Å². The minimum Gasteiger partial charge on any atom is -0.494 e. The van der Waals surface area contributed by atoms with E-state index < -0.39 is 29.4 Å². The van der Waals surface area contributed by atoms with Crippen LogP contribution >= 0.6 is 11.3 Å². The Bertz CT molecular complexity index is 1340. The van der Waals surface area contributed by atoms with Crippen LogP contribution < -0.4 is 15.4 Å². The predicted molar refractivity (Wildman–Crippen MR) is 126 cm³/mol. The van der Waals surface area contributed by atoms with Crippen molar-refractivity contribution in [1.29, 1.82) is 0 Å². The molecule has 0 unspecified atom stereocenters. The van der Waals surface area contributed by atoms with E-state index in [1.807, 2.05) is 19.2 Å². The van der Waals surface area contributed by atoms with E-state index in [0.29, 0.717) is 22.4 Å². The van der Waals surface area contributed by atoms with Gasteiger partial charge in [0.25, 0.3) is 5.91 Å². The van der Waals surface area contributed by atoms with Gasteiger partial charge < -0.3 is 20.1 Å². The number of amides is 2. The number of carbonyl (C=O) groups excluding carboxylic acids is 2.